The van der Waals surface area contributed by atoms with Gasteiger partial charge in [0.2, 0.25) is 0 Å². The van der Waals surface area contributed by atoms with E-state index in [1.807, 2.05) is 12.1 Å². The molecule has 0 spiro atoms. The molecule has 5 rings (SSSR count). The molecular formula is C38H33N. The van der Waals surface area contributed by atoms with E-state index in [1.165, 1.54) is 33.4 Å². The molecule has 5 aromatic carbocycles. The second-order valence-corrected chi connectivity index (χ2v) is 9.41. The Balaban J connectivity index is 1.54. The first-order valence-electron chi connectivity index (χ1n) is 13.5. The van der Waals surface area contributed by atoms with Crippen molar-refractivity contribution in [2.45, 2.75) is 13.3 Å². The maximum atomic E-state index is 4.19. The molecule has 0 heterocycles. The Labute approximate surface area is 232 Å². The third-order valence-corrected chi connectivity index (χ3v) is 6.76. The van der Waals surface area contributed by atoms with Crippen molar-refractivity contribution in [2.24, 2.45) is 0 Å². The van der Waals surface area contributed by atoms with Crippen LogP contribution in [0, 0.1) is 0 Å². The molecule has 0 radical (unpaired) electrons. The van der Waals surface area contributed by atoms with Gasteiger partial charge in [-0.15, -0.1) is 0 Å². The zero-order valence-corrected chi connectivity index (χ0v) is 22.3. The van der Waals surface area contributed by atoms with E-state index in [1.54, 1.807) is 0 Å². The Morgan fingerprint density at radius 2 is 1.21 bits per heavy atom. The third kappa shape index (κ3) is 6.17. The number of rotatable bonds is 9. The van der Waals surface area contributed by atoms with Gasteiger partial charge in [-0.3, -0.25) is 0 Å². The first-order valence-corrected chi connectivity index (χ1v) is 13.5. The largest absolute Gasteiger partial charge is 0.355 e. The molecule has 39 heavy (non-hydrogen) atoms. The van der Waals surface area contributed by atoms with Gasteiger partial charge in [0, 0.05) is 17.0 Å². The topological polar surface area (TPSA) is 12.0 Å². The molecule has 0 bridgehead atoms. The second kappa shape index (κ2) is 12.6. The highest BCUT2D eigenvalue weighted by Gasteiger charge is 2.10. The van der Waals surface area contributed by atoms with E-state index in [-0.39, 0.29) is 0 Å². The molecule has 0 saturated carbocycles. The maximum absolute atomic E-state index is 4.19. The van der Waals surface area contributed by atoms with Crippen LogP contribution in [0.15, 0.2) is 164 Å². The molecule has 0 aliphatic heterocycles. The van der Waals surface area contributed by atoms with Gasteiger partial charge < -0.3 is 5.32 Å². The van der Waals surface area contributed by atoms with E-state index in [9.17, 15) is 0 Å². The molecule has 190 valence electrons. The Hall–Kier alpha value is -4.88. The molecular weight excluding hydrogens is 470 g/mol. The molecule has 1 heteroatoms. The number of allylic oxidation sites excluding steroid dienone is 4. The predicted octanol–water partition coefficient (Wildman–Crippen LogP) is 10.7. The van der Waals surface area contributed by atoms with Gasteiger partial charge in [-0.05, 0) is 69.6 Å². The Bertz CT molecular complexity index is 1610. The van der Waals surface area contributed by atoms with Crippen molar-refractivity contribution in [3.8, 4) is 33.4 Å². The number of benzene rings is 5. The first kappa shape index (κ1) is 25.8. The zero-order chi connectivity index (χ0) is 26.9. The second-order valence-electron chi connectivity index (χ2n) is 9.41. The van der Waals surface area contributed by atoms with Gasteiger partial charge in [0.05, 0.1) is 0 Å². The van der Waals surface area contributed by atoms with Crippen molar-refractivity contribution in [1.29, 1.82) is 0 Å². The number of nitrogens with one attached hydrogen (secondary N) is 1. The highest BCUT2D eigenvalue weighted by Crippen LogP contribution is 2.34. The monoisotopic (exact) mass is 503 g/mol. The van der Waals surface area contributed by atoms with Crippen molar-refractivity contribution in [3.05, 3.63) is 170 Å². The lowest BCUT2D eigenvalue weighted by atomic mass is 9.94. The molecule has 5 aromatic rings. The van der Waals surface area contributed by atoms with E-state index in [0.717, 1.165) is 28.9 Å². The van der Waals surface area contributed by atoms with Gasteiger partial charge in [0.1, 0.15) is 0 Å². The van der Waals surface area contributed by atoms with Crippen molar-refractivity contribution >= 4 is 11.3 Å². The van der Waals surface area contributed by atoms with Crippen molar-refractivity contribution < 1.29 is 0 Å². The van der Waals surface area contributed by atoms with Crippen LogP contribution in [-0.4, -0.2) is 0 Å². The summed E-state index contributed by atoms with van der Waals surface area (Å²) in [7, 11) is 0. The fourth-order valence-electron chi connectivity index (χ4n) is 4.84. The highest BCUT2D eigenvalue weighted by molar-refractivity contribution is 5.86. The van der Waals surface area contributed by atoms with Crippen LogP contribution in [0.2, 0.25) is 0 Å². The van der Waals surface area contributed by atoms with Crippen LogP contribution in [0.5, 0.6) is 0 Å². The average Bonchev–Trinajstić information content (AvgIpc) is 3.01. The third-order valence-electron chi connectivity index (χ3n) is 6.76. The summed E-state index contributed by atoms with van der Waals surface area (Å²) in [5.74, 6) is 0. The number of anilines is 1. The molecule has 0 fully saturated rings. The normalized spacial score (nSPS) is 11.7. The minimum Gasteiger partial charge on any atom is -0.355 e. The van der Waals surface area contributed by atoms with Gasteiger partial charge in [0.25, 0.3) is 0 Å². The van der Waals surface area contributed by atoms with E-state index in [4.69, 9.17) is 0 Å². The molecule has 0 aliphatic rings. The summed E-state index contributed by atoms with van der Waals surface area (Å²) in [6.07, 6.45) is 7.24. The van der Waals surface area contributed by atoms with Crippen LogP contribution in [0.3, 0.4) is 0 Å². The van der Waals surface area contributed by atoms with E-state index >= 15 is 0 Å². The summed E-state index contributed by atoms with van der Waals surface area (Å²) in [4.78, 5) is 0. The van der Waals surface area contributed by atoms with Crippen LogP contribution in [-0.2, 0) is 0 Å². The lowest BCUT2D eigenvalue weighted by molar-refractivity contribution is 1.22. The summed E-state index contributed by atoms with van der Waals surface area (Å²) in [5.41, 5.74) is 11.4. The Morgan fingerprint density at radius 3 is 1.90 bits per heavy atom. The minimum atomic E-state index is 0.949. The van der Waals surface area contributed by atoms with Gasteiger partial charge in [-0.25, -0.2) is 0 Å². The summed E-state index contributed by atoms with van der Waals surface area (Å²) in [5, 5.41) is 3.71. The molecule has 0 aromatic heterocycles. The molecule has 0 unspecified atom stereocenters. The summed E-state index contributed by atoms with van der Waals surface area (Å²) < 4.78 is 0. The van der Waals surface area contributed by atoms with Gasteiger partial charge in [-0.1, -0.05) is 141 Å². The maximum Gasteiger partial charge on any atom is 0.0460 e. The van der Waals surface area contributed by atoms with Crippen LogP contribution < -0.4 is 5.32 Å². The summed E-state index contributed by atoms with van der Waals surface area (Å²) in [6.45, 7) is 6.34. The average molecular weight is 504 g/mol. The minimum absolute atomic E-state index is 0.949. The zero-order valence-electron chi connectivity index (χ0n) is 22.3. The van der Waals surface area contributed by atoms with Crippen molar-refractivity contribution in [1.82, 2.24) is 0 Å². The standard InChI is InChI=1S/C38H33N/c1-3-5-26-38(35(4-2)32-21-14-20-31(27-32)29-16-8-6-9-17-29)39-34-23-15-22-33(28-34)37-25-13-12-24-36(37)30-18-10-7-11-19-30/h4-28,39H,2-3H2,1H3/b26-5-,38-35-. The number of hydrogen-bond acceptors (Lipinski definition) is 1. The van der Waals surface area contributed by atoms with E-state index < -0.39 is 0 Å². The molecule has 0 amide bonds. The van der Waals surface area contributed by atoms with Crippen molar-refractivity contribution in [2.75, 3.05) is 5.32 Å². The molecule has 1 N–H and O–H groups in total. The summed E-state index contributed by atoms with van der Waals surface area (Å²) >= 11 is 0. The Kier molecular flexibility index (Phi) is 8.31. The lowest BCUT2D eigenvalue weighted by Crippen LogP contribution is -2.01. The molecule has 0 saturated heterocycles. The van der Waals surface area contributed by atoms with E-state index in [0.29, 0.717) is 0 Å². The molecule has 1 nitrogen and oxygen atoms in total. The molecule has 0 atom stereocenters. The summed E-state index contributed by atoms with van der Waals surface area (Å²) in [6, 6.07) is 46.9. The quantitative estimate of drug-likeness (QED) is 0.197. The van der Waals surface area contributed by atoms with Crippen molar-refractivity contribution in [3.63, 3.8) is 0 Å². The van der Waals surface area contributed by atoms with Gasteiger partial charge in [-0.2, -0.15) is 0 Å². The fourth-order valence-corrected chi connectivity index (χ4v) is 4.84. The fraction of sp³-hybridized carbons (Fsp3) is 0.0526. The predicted molar refractivity (Wildman–Crippen MR) is 169 cm³/mol. The number of hydrogen-bond donors (Lipinski definition) is 1. The molecule has 0 aliphatic carbocycles. The Morgan fingerprint density at radius 1 is 0.615 bits per heavy atom. The van der Waals surface area contributed by atoms with Crippen LogP contribution >= 0.6 is 0 Å². The van der Waals surface area contributed by atoms with Gasteiger partial charge in [0.15, 0.2) is 0 Å². The first-order chi connectivity index (χ1) is 19.3. The van der Waals surface area contributed by atoms with Gasteiger partial charge >= 0.3 is 0 Å². The van der Waals surface area contributed by atoms with Crippen LogP contribution in [0.1, 0.15) is 18.9 Å². The lowest BCUT2D eigenvalue weighted by Gasteiger charge is -2.16. The SMILES string of the molecule is C=C/C(=C(\C=C/CC)Nc1cccc(-c2ccccc2-c2ccccc2)c1)c1cccc(-c2ccccc2)c1. The van der Waals surface area contributed by atoms with Crippen LogP contribution in [0.25, 0.3) is 39.0 Å². The highest BCUT2D eigenvalue weighted by atomic mass is 14.9. The van der Waals surface area contributed by atoms with E-state index in [2.05, 4.69) is 158 Å². The smallest absolute Gasteiger partial charge is 0.0460 e. The van der Waals surface area contributed by atoms with Crippen LogP contribution in [0.4, 0.5) is 5.69 Å².